The third kappa shape index (κ3) is 5.94. The number of ketones is 1. The number of primary amides is 1. The van der Waals surface area contributed by atoms with Crippen LogP contribution >= 0.6 is 15.9 Å². The van der Waals surface area contributed by atoms with Gasteiger partial charge in [-0.15, -0.1) is 0 Å². The van der Waals surface area contributed by atoms with E-state index in [9.17, 15) is 18.8 Å². The second-order valence-corrected chi connectivity index (χ2v) is 9.28. The van der Waals surface area contributed by atoms with Crippen molar-refractivity contribution in [2.45, 2.75) is 38.4 Å². The topological polar surface area (TPSA) is 119 Å². The predicted octanol–water partition coefficient (Wildman–Crippen LogP) is 3.00. The number of hydrogen-bond donors (Lipinski definition) is 1. The van der Waals surface area contributed by atoms with Crippen LogP contribution in [0.25, 0.3) is 11.1 Å². The Balaban J connectivity index is 1.56. The van der Waals surface area contributed by atoms with Crippen LogP contribution < -0.4 is 5.73 Å². The highest BCUT2D eigenvalue weighted by Crippen LogP contribution is 2.26. The molecule has 180 valence electrons. The Bertz CT molecular complexity index is 1280. The zero-order valence-corrected chi connectivity index (χ0v) is 20.5. The quantitative estimate of drug-likeness (QED) is 0.461. The first-order chi connectivity index (χ1) is 16.7. The summed E-state index contributed by atoms with van der Waals surface area (Å²) in [6, 6.07) is 9.22. The van der Waals surface area contributed by atoms with Crippen molar-refractivity contribution in [1.82, 2.24) is 19.9 Å². The van der Waals surface area contributed by atoms with Crippen molar-refractivity contribution in [1.29, 1.82) is 0 Å². The number of halogens is 2. The lowest BCUT2D eigenvalue weighted by Crippen LogP contribution is -2.42. The number of pyridine rings is 1. The molecule has 0 radical (unpaired) electrons. The number of carbonyl (C=O) groups is 3. The average Bonchev–Trinajstić information content (AvgIpc) is 3.21. The van der Waals surface area contributed by atoms with Gasteiger partial charge in [0, 0.05) is 35.6 Å². The number of benzene rings is 1. The van der Waals surface area contributed by atoms with E-state index >= 15 is 0 Å². The van der Waals surface area contributed by atoms with Crippen LogP contribution in [0.1, 0.15) is 33.9 Å². The molecule has 1 saturated heterocycles. The van der Waals surface area contributed by atoms with E-state index in [4.69, 9.17) is 5.73 Å². The van der Waals surface area contributed by atoms with E-state index in [0.29, 0.717) is 32.8 Å². The third-order valence-electron chi connectivity index (χ3n) is 5.82. The van der Waals surface area contributed by atoms with Gasteiger partial charge in [0.05, 0.1) is 25.4 Å². The van der Waals surface area contributed by atoms with Crippen LogP contribution in [-0.2, 0) is 22.4 Å². The molecule has 2 amide bonds. The molecule has 3 heterocycles. The number of hydrogen-bond acceptors (Lipinski definition) is 6. The maximum absolute atomic E-state index is 14.3. The lowest BCUT2D eigenvalue weighted by atomic mass is 9.99. The molecular formula is C25H23BrFN5O3. The van der Waals surface area contributed by atoms with Crippen molar-refractivity contribution in [2.75, 3.05) is 6.54 Å². The second kappa shape index (κ2) is 10.4. The molecule has 2 aromatic heterocycles. The van der Waals surface area contributed by atoms with E-state index in [2.05, 4.69) is 30.9 Å². The van der Waals surface area contributed by atoms with Gasteiger partial charge >= 0.3 is 0 Å². The van der Waals surface area contributed by atoms with Crippen molar-refractivity contribution < 1.29 is 18.8 Å². The van der Waals surface area contributed by atoms with E-state index in [1.54, 1.807) is 49.6 Å². The molecule has 2 N–H and O–H groups in total. The molecule has 0 spiro atoms. The number of likely N-dealkylation sites (tertiary alicyclic amines) is 1. The molecule has 10 heteroatoms. The van der Waals surface area contributed by atoms with Crippen LogP contribution in [0.3, 0.4) is 0 Å². The van der Waals surface area contributed by atoms with Gasteiger partial charge in [0.2, 0.25) is 11.8 Å². The molecule has 1 aliphatic heterocycles. The second-order valence-electron chi connectivity index (χ2n) is 8.47. The van der Waals surface area contributed by atoms with E-state index in [1.807, 2.05) is 0 Å². The van der Waals surface area contributed by atoms with E-state index in [0.717, 1.165) is 0 Å². The molecule has 0 bridgehead atoms. The molecule has 0 aliphatic carbocycles. The highest BCUT2D eigenvalue weighted by Gasteiger charge is 2.39. The summed E-state index contributed by atoms with van der Waals surface area (Å²) < 4.78 is 14.9. The van der Waals surface area contributed by atoms with E-state index in [1.165, 1.54) is 11.0 Å². The number of amides is 2. The van der Waals surface area contributed by atoms with Gasteiger partial charge in [0.25, 0.3) is 0 Å². The maximum Gasteiger partial charge on any atom is 0.248 e. The summed E-state index contributed by atoms with van der Waals surface area (Å²) >= 11 is 3.27. The first-order valence-electron chi connectivity index (χ1n) is 11.0. The smallest absolute Gasteiger partial charge is 0.248 e. The molecular weight excluding hydrogens is 517 g/mol. The molecule has 3 aromatic rings. The zero-order valence-electron chi connectivity index (χ0n) is 18.9. The van der Waals surface area contributed by atoms with Crippen LogP contribution in [0.5, 0.6) is 0 Å². The van der Waals surface area contributed by atoms with Crippen LogP contribution in [0.4, 0.5) is 4.39 Å². The molecule has 35 heavy (non-hydrogen) atoms. The minimum atomic E-state index is -1.29. The molecule has 0 saturated carbocycles. The molecule has 1 aliphatic rings. The summed E-state index contributed by atoms with van der Waals surface area (Å²) in [5.41, 5.74) is 8.07. The van der Waals surface area contributed by atoms with E-state index in [-0.39, 0.29) is 37.2 Å². The summed E-state index contributed by atoms with van der Waals surface area (Å²) in [7, 11) is 0. The minimum Gasteiger partial charge on any atom is -0.366 e. The lowest BCUT2D eigenvalue weighted by molar-refractivity contribution is -0.136. The van der Waals surface area contributed by atoms with Crippen molar-refractivity contribution in [2.24, 2.45) is 5.73 Å². The Morgan fingerprint density at radius 3 is 2.54 bits per heavy atom. The Labute approximate surface area is 209 Å². The zero-order chi connectivity index (χ0) is 25.1. The average molecular weight is 540 g/mol. The summed E-state index contributed by atoms with van der Waals surface area (Å²) in [5.74, 6) is -0.724. The monoisotopic (exact) mass is 539 g/mol. The summed E-state index contributed by atoms with van der Waals surface area (Å²) in [6.07, 6.45) is 1.77. The van der Waals surface area contributed by atoms with Gasteiger partial charge in [-0.25, -0.2) is 19.3 Å². The SMILES string of the molecule is Cc1ncc(-c2cc(CC(=O)N3C[C@H](F)C[C@H]3C(=O)Cc3cccc(Br)n3)cc(C(N)=O)c2)cn1. The Hall–Kier alpha value is -3.53. The fraction of sp³-hybridized carbons (Fsp3) is 0.280. The number of rotatable bonds is 7. The van der Waals surface area contributed by atoms with Crippen molar-refractivity contribution in [3.05, 3.63) is 76.0 Å². The number of Topliss-reactive ketones (excluding diaryl/α,β-unsaturated/α-hetero) is 1. The van der Waals surface area contributed by atoms with Crippen molar-refractivity contribution in [3.63, 3.8) is 0 Å². The number of nitrogens with zero attached hydrogens (tertiary/aromatic N) is 4. The van der Waals surface area contributed by atoms with Crippen LogP contribution in [-0.4, -0.2) is 56.2 Å². The highest BCUT2D eigenvalue weighted by atomic mass is 79.9. The van der Waals surface area contributed by atoms with Crippen LogP contribution in [0.15, 0.2) is 53.4 Å². The summed E-state index contributed by atoms with van der Waals surface area (Å²) in [4.78, 5) is 52.0. The maximum atomic E-state index is 14.3. The Kier molecular flexibility index (Phi) is 7.30. The van der Waals surface area contributed by atoms with E-state index < -0.39 is 24.0 Å². The van der Waals surface area contributed by atoms with Gasteiger partial charge in [-0.2, -0.15) is 0 Å². The lowest BCUT2D eigenvalue weighted by Gasteiger charge is -2.23. The van der Waals surface area contributed by atoms with Gasteiger partial charge in [0.15, 0.2) is 5.78 Å². The number of nitrogens with two attached hydrogens (primary N) is 1. The van der Waals surface area contributed by atoms with Gasteiger partial charge in [-0.1, -0.05) is 12.1 Å². The number of carbonyl (C=O) groups excluding carboxylic acids is 3. The first-order valence-corrected chi connectivity index (χ1v) is 11.8. The van der Waals surface area contributed by atoms with Crippen LogP contribution in [0.2, 0.25) is 0 Å². The van der Waals surface area contributed by atoms with Gasteiger partial charge < -0.3 is 10.6 Å². The molecule has 1 aromatic carbocycles. The Morgan fingerprint density at radius 2 is 1.86 bits per heavy atom. The predicted molar refractivity (Wildman–Crippen MR) is 130 cm³/mol. The minimum absolute atomic E-state index is 0.00462. The van der Waals surface area contributed by atoms with Crippen molar-refractivity contribution >= 4 is 33.5 Å². The number of aromatic nitrogens is 3. The van der Waals surface area contributed by atoms with Gasteiger partial charge in [0.1, 0.15) is 16.6 Å². The molecule has 1 fully saturated rings. The summed E-state index contributed by atoms with van der Waals surface area (Å²) in [5, 5.41) is 0. The fourth-order valence-electron chi connectivity index (χ4n) is 4.13. The molecule has 8 nitrogen and oxygen atoms in total. The first kappa shape index (κ1) is 24.6. The standard InChI is InChI=1S/C25H23BrFN5O3/c1-14-29-11-18(12-30-14)16-5-15(6-17(8-16)25(28)35)7-24(34)32-13-19(27)9-21(32)22(33)10-20-3-2-4-23(26)31-20/h2-6,8,11-12,19,21H,7,9-10,13H2,1H3,(H2,28,35)/t19-,21+/m1/s1. The van der Waals surface area contributed by atoms with Crippen LogP contribution in [0, 0.1) is 6.92 Å². The molecule has 2 atom stereocenters. The molecule has 0 unspecified atom stereocenters. The normalized spacial score (nSPS) is 17.4. The van der Waals surface area contributed by atoms with Gasteiger partial charge in [-0.05, 0) is 58.2 Å². The number of aryl methyl sites for hydroxylation is 1. The molecule has 4 rings (SSSR count). The Morgan fingerprint density at radius 1 is 1.11 bits per heavy atom. The summed E-state index contributed by atoms with van der Waals surface area (Å²) in [6.45, 7) is 1.60. The third-order valence-corrected chi connectivity index (χ3v) is 6.26. The number of alkyl halides is 1. The van der Waals surface area contributed by atoms with Crippen molar-refractivity contribution in [3.8, 4) is 11.1 Å². The fourth-order valence-corrected chi connectivity index (χ4v) is 4.51. The largest absolute Gasteiger partial charge is 0.366 e. The highest BCUT2D eigenvalue weighted by molar-refractivity contribution is 9.10. The van der Waals surface area contributed by atoms with Gasteiger partial charge in [-0.3, -0.25) is 14.4 Å².